The molecule has 2 N–H and O–H groups in total. The van der Waals surface area contributed by atoms with Gasteiger partial charge in [0.2, 0.25) is 5.95 Å². The van der Waals surface area contributed by atoms with Crippen molar-refractivity contribution in [2.45, 2.75) is 6.92 Å². The number of rotatable bonds is 6. The largest absolute Gasteiger partial charge is 0.367 e. The van der Waals surface area contributed by atoms with Crippen molar-refractivity contribution in [1.82, 2.24) is 20.1 Å². The van der Waals surface area contributed by atoms with Crippen LogP contribution >= 0.6 is 15.9 Å². The molecule has 2 aromatic rings. The summed E-state index contributed by atoms with van der Waals surface area (Å²) in [6.07, 6.45) is 1.62. The van der Waals surface area contributed by atoms with E-state index in [4.69, 9.17) is 0 Å². The number of hydrogen-bond donors (Lipinski definition) is 2. The van der Waals surface area contributed by atoms with Crippen LogP contribution in [-0.4, -0.2) is 47.3 Å². The first kappa shape index (κ1) is 15.7. The second-order valence-electron chi connectivity index (χ2n) is 4.98. The van der Waals surface area contributed by atoms with Gasteiger partial charge in [-0.2, -0.15) is 10.1 Å². The second kappa shape index (κ2) is 7.33. The van der Waals surface area contributed by atoms with Crippen molar-refractivity contribution in [1.29, 1.82) is 0 Å². The molecule has 0 fully saturated rings. The highest BCUT2D eigenvalue weighted by Gasteiger charge is 2.03. The maximum absolute atomic E-state index is 4.39. The van der Waals surface area contributed by atoms with Gasteiger partial charge in [0.1, 0.15) is 0 Å². The van der Waals surface area contributed by atoms with Gasteiger partial charge in [0.05, 0.1) is 6.20 Å². The molecule has 6 nitrogen and oxygen atoms in total. The number of nitrogens with one attached hydrogen (secondary N) is 2. The van der Waals surface area contributed by atoms with E-state index < -0.39 is 0 Å². The number of benzene rings is 1. The standard InChI is InChI=1S/C14H19BrN6/c1-10-4-5-11(8-12(10)15)18-14-19-13(9-17-20-14)16-6-7-21(2)3/h4-5,8-9H,6-7H2,1-3H3,(H2,16,18,19,20). The van der Waals surface area contributed by atoms with E-state index >= 15 is 0 Å². The van der Waals surface area contributed by atoms with E-state index in [1.165, 1.54) is 5.56 Å². The molecule has 0 radical (unpaired) electrons. The Morgan fingerprint density at radius 1 is 1.29 bits per heavy atom. The van der Waals surface area contributed by atoms with Crippen molar-refractivity contribution < 1.29 is 0 Å². The Labute approximate surface area is 133 Å². The van der Waals surface area contributed by atoms with E-state index in [0.29, 0.717) is 11.8 Å². The third kappa shape index (κ3) is 4.95. The number of halogens is 1. The van der Waals surface area contributed by atoms with Crippen LogP contribution in [0.25, 0.3) is 0 Å². The van der Waals surface area contributed by atoms with E-state index in [1.807, 2.05) is 39.2 Å². The monoisotopic (exact) mass is 350 g/mol. The summed E-state index contributed by atoms with van der Waals surface area (Å²) in [7, 11) is 4.06. The number of nitrogens with zero attached hydrogens (tertiary/aromatic N) is 4. The van der Waals surface area contributed by atoms with E-state index in [9.17, 15) is 0 Å². The number of hydrogen-bond acceptors (Lipinski definition) is 6. The molecule has 112 valence electrons. The Bertz CT molecular complexity index is 602. The predicted octanol–water partition coefficient (Wildman–Crippen LogP) is 2.66. The fraction of sp³-hybridized carbons (Fsp3) is 0.357. The predicted molar refractivity (Wildman–Crippen MR) is 89.0 cm³/mol. The van der Waals surface area contributed by atoms with Crippen molar-refractivity contribution >= 4 is 33.4 Å². The van der Waals surface area contributed by atoms with Crippen molar-refractivity contribution in [2.24, 2.45) is 0 Å². The third-order valence-corrected chi connectivity index (χ3v) is 3.71. The minimum absolute atomic E-state index is 0.473. The molecule has 0 saturated carbocycles. The lowest BCUT2D eigenvalue weighted by atomic mass is 10.2. The number of anilines is 3. The molecular formula is C14H19BrN6. The second-order valence-corrected chi connectivity index (χ2v) is 5.84. The van der Waals surface area contributed by atoms with Crippen LogP contribution in [0.2, 0.25) is 0 Å². The molecule has 0 spiro atoms. The first-order chi connectivity index (χ1) is 10.0. The Morgan fingerprint density at radius 2 is 2.10 bits per heavy atom. The van der Waals surface area contributed by atoms with Gasteiger partial charge in [-0.3, -0.25) is 0 Å². The average molecular weight is 351 g/mol. The summed E-state index contributed by atoms with van der Waals surface area (Å²) in [4.78, 5) is 6.49. The molecule has 0 saturated heterocycles. The Hall–Kier alpha value is -1.73. The lowest BCUT2D eigenvalue weighted by molar-refractivity contribution is 0.425. The summed E-state index contributed by atoms with van der Waals surface area (Å²) >= 11 is 3.51. The minimum atomic E-state index is 0.473. The van der Waals surface area contributed by atoms with Crippen LogP contribution in [0.5, 0.6) is 0 Å². The van der Waals surface area contributed by atoms with Crippen LogP contribution < -0.4 is 10.6 Å². The van der Waals surface area contributed by atoms with Gasteiger partial charge in [-0.25, -0.2) is 0 Å². The van der Waals surface area contributed by atoms with Crippen LogP contribution in [-0.2, 0) is 0 Å². The number of likely N-dealkylation sites (N-methyl/N-ethyl adjacent to an activating group) is 1. The highest BCUT2D eigenvalue weighted by atomic mass is 79.9. The van der Waals surface area contributed by atoms with Gasteiger partial charge in [-0.15, -0.1) is 5.10 Å². The number of aromatic nitrogens is 3. The average Bonchev–Trinajstić information content (AvgIpc) is 2.43. The molecule has 7 heteroatoms. The summed E-state index contributed by atoms with van der Waals surface area (Å²) in [6.45, 7) is 3.78. The van der Waals surface area contributed by atoms with Gasteiger partial charge in [0, 0.05) is 23.2 Å². The summed E-state index contributed by atoms with van der Waals surface area (Å²) in [5.41, 5.74) is 2.10. The van der Waals surface area contributed by atoms with Crippen molar-refractivity contribution in [3.8, 4) is 0 Å². The Morgan fingerprint density at radius 3 is 2.81 bits per heavy atom. The van der Waals surface area contributed by atoms with Gasteiger partial charge in [-0.05, 0) is 38.7 Å². The summed E-state index contributed by atoms with van der Waals surface area (Å²) in [5, 5.41) is 14.3. The van der Waals surface area contributed by atoms with E-state index in [1.54, 1.807) is 6.20 Å². The Kier molecular flexibility index (Phi) is 5.46. The maximum Gasteiger partial charge on any atom is 0.249 e. The van der Waals surface area contributed by atoms with Gasteiger partial charge in [0.15, 0.2) is 5.82 Å². The highest BCUT2D eigenvalue weighted by Crippen LogP contribution is 2.22. The van der Waals surface area contributed by atoms with Crippen LogP contribution in [0.4, 0.5) is 17.5 Å². The third-order valence-electron chi connectivity index (χ3n) is 2.85. The van der Waals surface area contributed by atoms with Gasteiger partial charge in [-0.1, -0.05) is 22.0 Å². The van der Waals surface area contributed by atoms with Crippen molar-refractivity contribution in [3.63, 3.8) is 0 Å². The molecule has 0 unspecified atom stereocenters. The van der Waals surface area contributed by atoms with Crippen LogP contribution in [0.1, 0.15) is 5.56 Å². The van der Waals surface area contributed by atoms with Gasteiger partial charge < -0.3 is 15.5 Å². The zero-order valence-corrected chi connectivity index (χ0v) is 14.0. The zero-order chi connectivity index (χ0) is 15.2. The highest BCUT2D eigenvalue weighted by molar-refractivity contribution is 9.10. The first-order valence-corrected chi connectivity index (χ1v) is 7.45. The zero-order valence-electron chi connectivity index (χ0n) is 12.4. The number of aryl methyl sites for hydroxylation is 1. The molecule has 0 aliphatic heterocycles. The lowest BCUT2D eigenvalue weighted by Crippen LogP contribution is -2.21. The molecule has 21 heavy (non-hydrogen) atoms. The fourth-order valence-corrected chi connectivity index (χ4v) is 2.03. The van der Waals surface area contributed by atoms with Gasteiger partial charge in [0.25, 0.3) is 0 Å². The molecule has 0 amide bonds. The van der Waals surface area contributed by atoms with Gasteiger partial charge >= 0.3 is 0 Å². The summed E-state index contributed by atoms with van der Waals surface area (Å²) in [6, 6.07) is 6.00. The molecule has 1 heterocycles. The normalized spacial score (nSPS) is 10.7. The van der Waals surface area contributed by atoms with Crippen LogP contribution in [0.3, 0.4) is 0 Å². The lowest BCUT2D eigenvalue weighted by Gasteiger charge is -2.11. The summed E-state index contributed by atoms with van der Waals surface area (Å²) in [5.74, 6) is 1.18. The SMILES string of the molecule is Cc1ccc(Nc2nncc(NCCN(C)C)n2)cc1Br. The van der Waals surface area contributed by atoms with Crippen molar-refractivity contribution in [3.05, 3.63) is 34.4 Å². The molecular weight excluding hydrogens is 332 g/mol. The molecule has 0 aliphatic carbocycles. The van der Waals surface area contributed by atoms with E-state index in [2.05, 4.69) is 46.6 Å². The molecule has 0 bridgehead atoms. The molecule has 1 aromatic carbocycles. The maximum atomic E-state index is 4.39. The van der Waals surface area contributed by atoms with Crippen LogP contribution in [0.15, 0.2) is 28.9 Å². The Balaban J connectivity index is 2.01. The molecule has 2 rings (SSSR count). The van der Waals surface area contributed by atoms with E-state index in [-0.39, 0.29) is 0 Å². The first-order valence-electron chi connectivity index (χ1n) is 6.66. The quantitative estimate of drug-likeness (QED) is 0.834. The molecule has 1 aromatic heterocycles. The topological polar surface area (TPSA) is 66.0 Å². The fourth-order valence-electron chi connectivity index (χ4n) is 1.65. The minimum Gasteiger partial charge on any atom is -0.367 e. The molecule has 0 aliphatic rings. The molecule has 0 atom stereocenters. The van der Waals surface area contributed by atoms with Crippen molar-refractivity contribution in [2.75, 3.05) is 37.8 Å². The smallest absolute Gasteiger partial charge is 0.249 e. The van der Waals surface area contributed by atoms with Crippen LogP contribution in [0, 0.1) is 6.92 Å². The summed E-state index contributed by atoms with van der Waals surface area (Å²) < 4.78 is 1.04. The van der Waals surface area contributed by atoms with E-state index in [0.717, 1.165) is 23.2 Å².